The Balaban J connectivity index is 1.50. The van der Waals surface area contributed by atoms with E-state index in [1.165, 1.54) is 30.3 Å². The van der Waals surface area contributed by atoms with Crippen LogP contribution in [0.4, 0.5) is 10.1 Å². The predicted octanol–water partition coefficient (Wildman–Crippen LogP) is 2.02. The fraction of sp³-hybridized carbons (Fsp3) is 0.286. The standard InChI is InChI=1S/C21H21FN2O6S2/c22-14-5-7-15(8-6-14)23-20(26)12-31-18-4-2-1-3-17(18)21(27)30-11-19(25)24-16-9-10-32(28,29)13-16/h1-8,16H,9-13H2,(H,23,26)(H,24,25). The van der Waals surface area contributed by atoms with Gasteiger partial charge in [0.1, 0.15) is 5.82 Å². The number of anilines is 1. The third kappa shape index (κ3) is 7.06. The second-order valence-corrected chi connectivity index (χ2v) is 10.3. The third-order valence-electron chi connectivity index (χ3n) is 4.53. The maximum absolute atomic E-state index is 12.9. The van der Waals surface area contributed by atoms with Crippen molar-refractivity contribution in [3.05, 3.63) is 59.9 Å². The van der Waals surface area contributed by atoms with Crippen molar-refractivity contribution in [2.45, 2.75) is 17.4 Å². The summed E-state index contributed by atoms with van der Waals surface area (Å²) in [6, 6.07) is 11.4. The lowest BCUT2D eigenvalue weighted by atomic mass is 10.2. The normalized spacial score (nSPS) is 16.8. The summed E-state index contributed by atoms with van der Waals surface area (Å²) in [5.74, 6) is -2.16. The number of benzene rings is 2. The van der Waals surface area contributed by atoms with Gasteiger partial charge in [-0.2, -0.15) is 0 Å². The summed E-state index contributed by atoms with van der Waals surface area (Å²) in [6.45, 7) is -0.542. The molecule has 2 aromatic carbocycles. The Morgan fingerprint density at radius 2 is 1.78 bits per heavy atom. The number of sulfone groups is 1. The van der Waals surface area contributed by atoms with E-state index in [4.69, 9.17) is 4.74 Å². The molecular weight excluding hydrogens is 459 g/mol. The minimum Gasteiger partial charge on any atom is -0.452 e. The molecule has 170 valence electrons. The highest BCUT2D eigenvalue weighted by atomic mass is 32.2. The van der Waals surface area contributed by atoms with Crippen LogP contribution in [0.15, 0.2) is 53.4 Å². The molecule has 0 aliphatic carbocycles. The number of esters is 1. The van der Waals surface area contributed by atoms with Gasteiger partial charge in [-0.15, -0.1) is 11.8 Å². The largest absolute Gasteiger partial charge is 0.452 e. The smallest absolute Gasteiger partial charge is 0.339 e. The Kier molecular flexibility index (Phi) is 7.86. The Bertz CT molecular complexity index is 1110. The van der Waals surface area contributed by atoms with E-state index in [-0.39, 0.29) is 28.7 Å². The molecular formula is C21H21FN2O6S2. The zero-order valence-electron chi connectivity index (χ0n) is 16.9. The van der Waals surface area contributed by atoms with Crippen molar-refractivity contribution in [3.63, 3.8) is 0 Å². The summed E-state index contributed by atoms with van der Waals surface area (Å²) < 4.78 is 40.9. The molecule has 8 nitrogen and oxygen atoms in total. The summed E-state index contributed by atoms with van der Waals surface area (Å²) in [5, 5.41) is 5.18. The van der Waals surface area contributed by atoms with E-state index >= 15 is 0 Å². The molecule has 0 radical (unpaired) electrons. The van der Waals surface area contributed by atoms with Crippen LogP contribution in [0.25, 0.3) is 0 Å². The van der Waals surface area contributed by atoms with E-state index in [2.05, 4.69) is 10.6 Å². The van der Waals surface area contributed by atoms with Gasteiger partial charge in [0.15, 0.2) is 16.4 Å². The molecule has 32 heavy (non-hydrogen) atoms. The van der Waals surface area contributed by atoms with Gasteiger partial charge in [0.2, 0.25) is 5.91 Å². The Morgan fingerprint density at radius 3 is 2.47 bits per heavy atom. The number of rotatable bonds is 8. The lowest BCUT2D eigenvalue weighted by molar-refractivity contribution is -0.124. The average molecular weight is 481 g/mol. The number of carbonyl (C=O) groups excluding carboxylic acids is 3. The number of ether oxygens (including phenoxy) is 1. The maximum Gasteiger partial charge on any atom is 0.339 e. The van der Waals surface area contributed by atoms with Crippen LogP contribution in [0.1, 0.15) is 16.8 Å². The molecule has 2 amide bonds. The molecule has 1 heterocycles. The average Bonchev–Trinajstić information content (AvgIpc) is 3.10. The molecule has 1 fully saturated rings. The van der Waals surface area contributed by atoms with Crippen molar-refractivity contribution < 1.29 is 31.9 Å². The van der Waals surface area contributed by atoms with Crippen LogP contribution >= 0.6 is 11.8 Å². The summed E-state index contributed by atoms with van der Waals surface area (Å²) in [5.41, 5.74) is 0.647. The minimum atomic E-state index is -3.13. The SMILES string of the molecule is O=C(CSc1ccccc1C(=O)OCC(=O)NC1CCS(=O)(=O)C1)Nc1ccc(F)cc1. The Labute approximate surface area is 188 Å². The van der Waals surface area contributed by atoms with E-state index in [9.17, 15) is 27.2 Å². The molecule has 11 heteroatoms. The third-order valence-corrected chi connectivity index (χ3v) is 7.37. The van der Waals surface area contributed by atoms with Crippen molar-refractivity contribution in [3.8, 4) is 0 Å². The molecule has 0 saturated carbocycles. The quantitative estimate of drug-likeness (QED) is 0.438. The van der Waals surface area contributed by atoms with E-state index in [1.54, 1.807) is 18.2 Å². The van der Waals surface area contributed by atoms with Crippen LogP contribution in [0.3, 0.4) is 0 Å². The van der Waals surface area contributed by atoms with Crippen LogP contribution in [-0.4, -0.2) is 56.1 Å². The van der Waals surface area contributed by atoms with Crippen molar-refractivity contribution in [1.82, 2.24) is 5.32 Å². The topological polar surface area (TPSA) is 119 Å². The van der Waals surface area contributed by atoms with Gasteiger partial charge in [-0.1, -0.05) is 12.1 Å². The molecule has 2 aromatic rings. The summed E-state index contributed by atoms with van der Waals surface area (Å²) in [6.07, 6.45) is 0.335. The number of halogens is 1. The van der Waals surface area contributed by atoms with Gasteiger partial charge in [-0.25, -0.2) is 17.6 Å². The van der Waals surface area contributed by atoms with Gasteiger partial charge < -0.3 is 15.4 Å². The fourth-order valence-corrected chi connectivity index (χ4v) is 5.54. The zero-order valence-corrected chi connectivity index (χ0v) is 18.5. The van der Waals surface area contributed by atoms with Crippen LogP contribution in [0, 0.1) is 5.82 Å². The molecule has 1 aliphatic rings. The highest BCUT2D eigenvalue weighted by Gasteiger charge is 2.29. The zero-order chi connectivity index (χ0) is 23.1. The first-order chi connectivity index (χ1) is 15.2. The molecule has 1 saturated heterocycles. The first-order valence-electron chi connectivity index (χ1n) is 9.66. The summed E-state index contributed by atoms with van der Waals surface area (Å²) in [4.78, 5) is 37.0. The van der Waals surface area contributed by atoms with Gasteiger partial charge >= 0.3 is 5.97 Å². The monoisotopic (exact) mass is 480 g/mol. The first kappa shape index (κ1) is 23.7. The molecule has 1 aliphatic heterocycles. The second kappa shape index (κ2) is 10.6. The molecule has 3 rings (SSSR count). The number of amides is 2. The van der Waals surface area contributed by atoms with Gasteiger partial charge in [-0.3, -0.25) is 9.59 Å². The summed E-state index contributed by atoms with van der Waals surface area (Å²) in [7, 11) is -3.13. The van der Waals surface area contributed by atoms with E-state index in [0.717, 1.165) is 11.8 Å². The predicted molar refractivity (Wildman–Crippen MR) is 118 cm³/mol. The number of carbonyl (C=O) groups is 3. The van der Waals surface area contributed by atoms with E-state index in [1.807, 2.05) is 0 Å². The maximum atomic E-state index is 12.9. The number of hydrogen-bond acceptors (Lipinski definition) is 7. The van der Waals surface area contributed by atoms with Crippen LogP contribution in [-0.2, 0) is 24.2 Å². The minimum absolute atomic E-state index is 0.00168. The van der Waals surface area contributed by atoms with Crippen molar-refractivity contribution >= 4 is 45.1 Å². The number of hydrogen-bond donors (Lipinski definition) is 2. The van der Waals surface area contributed by atoms with Gasteiger partial charge in [0.25, 0.3) is 5.91 Å². The molecule has 0 spiro atoms. The van der Waals surface area contributed by atoms with Crippen molar-refractivity contribution in [2.24, 2.45) is 0 Å². The van der Waals surface area contributed by atoms with Crippen molar-refractivity contribution in [1.29, 1.82) is 0 Å². The van der Waals surface area contributed by atoms with Gasteiger partial charge in [0, 0.05) is 16.6 Å². The lowest BCUT2D eigenvalue weighted by Gasteiger charge is -2.12. The summed E-state index contributed by atoms with van der Waals surface area (Å²) >= 11 is 1.11. The second-order valence-electron chi connectivity index (χ2n) is 7.08. The van der Waals surface area contributed by atoms with Gasteiger partial charge in [-0.05, 0) is 42.8 Å². The van der Waals surface area contributed by atoms with E-state index in [0.29, 0.717) is 17.0 Å². The van der Waals surface area contributed by atoms with Crippen LogP contribution < -0.4 is 10.6 Å². The van der Waals surface area contributed by atoms with Crippen LogP contribution in [0.2, 0.25) is 0 Å². The van der Waals surface area contributed by atoms with Crippen LogP contribution in [0.5, 0.6) is 0 Å². The van der Waals surface area contributed by atoms with Gasteiger partial charge in [0.05, 0.1) is 22.8 Å². The fourth-order valence-electron chi connectivity index (χ4n) is 3.02. The molecule has 0 bridgehead atoms. The highest BCUT2D eigenvalue weighted by Crippen LogP contribution is 2.24. The number of thioether (sulfide) groups is 1. The van der Waals surface area contributed by atoms with Crippen molar-refractivity contribution in [2.75, 3.05) is 29.2 Å². The Hall–Kier alpha value is -2.92. The first-order valence-corrected chi connectivity index (χ1v) is 12.5. The molecule has 2 N–H and O–H groups in total. The molecule has 0 aromatic heterocycles. The Morgan fingerprint density at radius 1 is 1.06 bits per heavy atom. The molecule has 1 unspecified atom stereocenters. The molecule has 1 atom stereocenters. The number of nitrogens with one attached hydrogen (secondary N) is 2. The van der Waals surface area contributed by atoms with E-state index < -0.39 is 40.2 Å². The lowest BCUT2D eigenvalue weighted by Crippen LogP contribution is -2.38. The highest BCUT2D eigenvalue weighted by molar-refractivity contribution is 8.00.